The summed E-state index contributed by atoms with van der Waals surface area (Å²) in [4.78, 5) is 12.1. The maximum Gasteiger partial charge on any atom is 0.412 e. The first-order chi connectivity index (χ1) is 7.64. The third kappa shape index (κ3) is 2.79. The van der Waals surface area contributed by atoms with E-state index in [1.54, 1.807) is 20.8 Å². The normalized spacial score (nSPS) is 11.4. The number of halogens is 2. The van der Waals surface area contributed by atoms with Crippen LogP contribution in [0.15, 0.2) is 12.1 Å². The van der Waals surface area contributed by atoms with Gasteiger partial charge in [-0.15, -0.1) is 0 Å². The van der Waals surface area contributed by atoms with Crippen molar-refractivity contribution in [2.75, 3.05) is 10.6 Å². The zero-order valence-corrected chi connectivity index (χ0v) is 10.5. The quantitative estimate of drug-likeness (QED) is 0.761. The van der Waals surface area contributed by atoms with Crippen LogP contribution in [-0.4, -0.2) is 16.7 Å². The fraction of sp³-hybridized carbons (Fsp3) is 0.364. The van der Waals surface area contributed by atoms with Gasteiger partial charge in [0.2, 0.25) is 0 Å². The molecule has 1 amide bonds. The summed E-state index contributed by atoms with van der Waals surface area (Å²) in [6.07, 6.45) is -1.25. The highest BCUT2D eigenvalue weighted by atomic mass is 35.5. The Bertz CT molecular complexity index is 458. The fourth-order valence-corrected chi connectivity index (χ4v) is 1.63. The Morgan fingerprint density at radius 2 is 2.00 bits per heavy atom. The van der Waals surface area contributed by atoms with Crippen LogP contribution in [0.3, 0.4) is 0 Å². The number of amides is 1. The minimum atomic E-state index is -1.25. The van der Waals surface area contributed by atoms with Crippen molar-refractivity contribution in [1.29, 1.82) is 0 Å². The van der Waals surface area contributed by atoms with Crippen molar-refractivity contribution >= 4 is 29.1 Å². The Labute approximate surface area is 104 Å². The summed E-state index contributed by atoms with van der Waals surface area (Å²) in [5, 5.41) is 9.19. The molecule has 1 rings (SSSR count). The van der Waals surface area contributed by atoms with Crippen LogP contribution in [0.1, 0.15) is 20.8 Å². The van der Waals surface area contributed by atoms with E-state index in [4.69, 9.17) is 22.4 Å². The molecule has 0 saturated heterocycles. The fourth-order valence-electron chi connectivity index (χ4n) is 1.48. The second kappa shape index (κ2) is 4.41. The summed E-state index contributed by atoms with van der Waals surface area (Å²) >= 11 is 5.65. The second-order valence-electron chi connectivity index (χ2n) is 4.61. The molecule has 0 aliphatic heterocycles. The minimum absolute atomic E-state index is 0.0606. The molecular weight excluding hydrogens is 247 g/mol. The van der Waals surface area contributed by atoms with Gasteiger partial charge < -0.3 is 10.8 Å². The molecule has 0 saturated carbocycles. The van der Waals surface area contributed by atoms with Gasteiger partial charge in [0.1, 0.15) is 5.82 Å². The summed E-state index contributed by atoms with van der Waals surface area (Å²) in [7, 11) is 0. The van der Waals surface area contributed by atoms with Crippen molar-refractivity contribution in [3.8, 4) is 0 Å². The van der Waals surface area contributed by atoms with Crippen LogP contribution in [0, 0.1) is 5.82 Å². The molecule has 0 radical (unpaired) electrons. The molecule has 0 aromatic heterocycles. The van der Waals surface area contributed by atoms with Crippen LogP contribution in [0.25, 0.3) is 0 Å². The lowest BCUT2D eigenvalue weighted by Gasteiger charge is -2.33. The van der Waals surface area contributed by atoms with E-state index in [1.807, 2.05) is 0 Å². The van der Waals surface area contributed by atoms with Gasteiger partial charge in [-0.1, -0.05) is 11.6 Å². The molecule has 0 atom stereocenters. The Morgan fingerprint density at radius 1 is 1.47 bits per heavy atom. The van der Waals surface area contributed by atoms with Gasteiger partial charge in [-0.25, -0.2) is 9.18 Å². The summed E-state index contributed by atoms with van der Waals surface area (Å²) in [5.74, 6) is -0.721. The van der Waals surface area contributed by atoms with E-state index < -0.39 is 17.4 Å². The number of hydrogen-bond donors (Lipinski definition) is 2. The van der Waals surface area contributed by atoms with Crippen molar-refractivity contribution in [3.05, 3.63) is 23.0 Å². The molecule has 0 fully saturated rings. The molecule has 1 aromatic carbocycles. The molecule has 0 bridgehead atoms. The number of anilines is 2. The zero-order valence-electron chi connectivity index (χ0n) is 9.79. The van der Waals surface area contributed by atoms with E-state index in [-0.39, 0.29) is 16.4 Å². The van der Waals surface area contributed by atoms with E-state index in [0.717, 1.165) is 11.0 Å². The van der Waals surface area contributed by atoms with Gasteiger partial charge in [0.15, 0.2) is 0 Å². The number of nitrogens with two attached hydrogens (primary N) is 1. The van der Waals surface area contributed by atoms with Crippen molar-refractivity contribution < 1.29 is 14.3 Å². The highest BCUT2D eigenvalue weighted by Gasteiger charge is 2.30. The lowest BCUT2D eigenvalue weighted by atomic mass is 10.1. The number of hydrogen-bond acceptors (Lipinski definition) is 2. The van der Waals surface area contributed by atoms with Crippen LogP contribution in [0.4, 0.5) is 20.6 Å². The Morgan fingerprint density at radius 3 is 2.41 bits per heavy atom. The number of nitrogens with zero attached hydrogens (tertiary/aromatic N) is 1. The van der Waals surface area contributed by atoms with Gasteiger partial charge >= 0.3 is 6.09 Å². The molecule has 3 N–H and O–H groups in total. The molecule has 0 unspecified atom stereocenters. The van der Waals surface area contributed by atoms with Crippen LogP contribution in [0.5, 0.6) is 0 Å². The van der Waals surface area contributed by atoms with Crippen molar-refractivity contribution in [3.63, 3.8) is 0 Å². The number of benzene rings is 1. The summed E-state index contributed by atoms with van der Waals surface area (Å²) in [6.45, 7) is 4.97. The van der Waals surface area contributed by atoms with Gasteiger partial charge in [0.25, 0.3) is 0 Å². The number of carboxylic acid groups (broad SMARTS) is 1. The first kappa shape index (κ1) is 13.6. The van der Waals surface area contributed by atoms with Gasteiger partial charge in [-0.05, 0) is 32.9 Å². The van der Waals surface area contributed by atoms with E-state index in [2.05, 4.69) is 0 Å². The van der Waals surface area contributed by atoms with Crippen LogP contribution in [0.2, 0.25) is 5.02 Å². The topological polar surface area (TPSA) is 66.6 Å². The average Bonchev–Trinajstić information content (AvgIpc) is 2.11. The van der Waals surface area contributed by atoms with E-state index in [0.29, 0.717) is 0 Å². The van der Waals surface area contributed by atoms with Gasteiger partial charge in [0, 0.05) is 5.54 Å². The highest BCUT2D eigenvalue weighted by molar-refractivity contribution is 6.33. The maximum atomic E-state index is 13.7. The molecule has 94 valence electrons. The largest absolute Gasteiger partial charge is 0.465 e. The lowest BCUT2D eigenvalue weighted by Crippen LogP contribution is -2.45. The summed E-state index contributed by atoms with van der Waals surface area (Å²) in [6, 6.07) is 2.23. The molecule has 6 heteroatoms. The van der Waals surface area contributed by atoms with Crippen LogP contribution in [-0.2, 0) is 0 Å². The standard InChI is InChI=1S/C11H14ClFN2O2/c1-11(2,3)15(10(16)17)9-5-8(14)6(12)4-7(9)13/h4-5H,14H2,1-3H3,(H,16,17). The smallest absolute Gasteiger partial charge is 0.412 e. The molecule has 0 heterocycles. The molecule has 0 aliphatic rings. The lowest BCUT2D eigenvalue weighted by molar-refractivity contribution is 0.195. The number of nitrogen functional groups attached to an aromatic ring is 1. The maximum absolute atomic E-state index is 13.7. The zero-order chi connectivity index (χ0) is 13.4. The molecule has 0 spiro atoms. The van der Waals surface area contributed by atoms with Crippen molar-refractivity contribution in [1.82, 2.24) is 0 Å². The predicted octanol–water partition coefficient (Wildman–Crippen LogP) is 3.34. The Kier molecular flexibility index (Phi) is 3.52. The van der Waals surface area contributed by atoms with Gasteiger partial charge in [-0.2, -0.15) is 0 Å². The Balaban J connectivity index is 3.39. The van der Waals surface area contributed by atoms with E-state index in [1.165, 1.54) is 6.07 Å². The van der Waals surface area contributed by atoms with Crippen molar-refractivity contribution in [2.45, 2.75) is 26.3 Å². The summed E-state index contributed by atoms with van der Waals surface area (Å²) in [5.41, 5.74) is 4.80. The first-order valence-electron chi connectivity index (χ1n) is 4.92. The second-order valence-corrected chi connectivity index (χ2v) is 5.02. The number of rotatable bonds is 1. The number of carbonyl (C=O) groups is 1. The average molecular weight is 261 g/mol. The molecule has 0 aliphatic carbocycles. The molecule has 1 aromatic rings. The van der Waals surface area contributed by atoms with E-state index >= 15 is 0 Å². The third-order valence-corrected chi connectivity index (χ3v) is 2.50. The molecular formula is C11H14ClFN2O2. The molecule has 17 heavy (non-hydrogen) atoms. The predicted molar refractivity (Wildman–Crippen MR) is 66.1 cm³/mol. The first-order valence-corrected chi connectivity index (χ1v) is 5.30. The Hall–Kier alpha value is -1.49. The van der Waals surface area contributed by atoms with Crippen LogP contribution >= 0.6 is 11.6 Å². The van der Waals surface area contributed by atoms with Crippen molar-refractivity contribution in [2.24, 2.45) is 0 Å². The van der Waals surface area contributed by atoms with E-state index in [9.17, 15) is 9.18 Å². The SMILES string of the molecule is CC(C)(C)N(C(=O)O)c1cc(N)c(Cl)cc1F. The van der Waals surface area contributed by atoms with Crippen LogP contribution < -0.4 is 10.6 Å². The summed E-state index contributed by atoms with van der Waals surface area (Å²) < 4.78 is 13.7. The van der Waals surface area contributed by atoms with Gasteiger partial charge in [-0.3, -0.25) is 4.90 Å². The highest BCUT2D eigenvalue weighted by Crippen LogP contribution is 2.32. The molecule has 4 nitrogen and oxygen atoms in total. The van der Waals surface area contributed by atoms with Gasteiger partial charge in [0.05, 0.1) is 16.4 Å². The third-order valence-electron chi connectivity index (χ3n) is 2.17. The monoisotopic (exact) mass is 260 g/mol. The minimum Gasteiger partial charge on any atom is -0.465 e.